The monoisotopic (exact) mass is 240 g/mol. The van der Waals surface area contributed by atoms with E-state index < -0.39 is 0 Å². The Balaban J connectivity index is 2.23. The topological polar surface area (TPSA) is 56.6 Å². The van der Waals surface area contributed by atoms with Gasteiger partial charge in [0.15, 0.2) is 0 Å². The Kier molecular flexibility index (Phi) is 3.40. The van der Waals surface area contributed by atoms with E-state index in [1.807, 2.05) is 30.3 Å². The zero-order chi connectivity index (χ0) is 12.1. The van der Waals surface area contributed by atoms with Crippen LogP contribution in [0.25, 0.3) is 11.3 Å². The van der Waals surface area contributed by atoms with Gasteiger partial charge in [0.05, 0.1) is 18.2 Å². The number of nitrogens with one attached hydrogen (secondary N) is 1. The predicted octanol–water partition coefficient (Wildman–Crippen LogP) is 2.37. The van der Waals surface area contributed by atoms with Crippen LogP contribution in [0.3, 0.4) is 0 Å². The minimum absolute atomic E-state index is 0.0575. The minimum Gasteiger partial charge on any atom is -0.312 e. The average Bonchev–Trinajstić information content (AvgIpc) is 2.77. The molecule has 82 valence electrons. The van der Waals surface area contributed by atoms with E-state index in [4.69, 9.17) is 5.26 Å². The summed E-state index contributed by atoms with van der Waals surface area (Å²) in [5.74, 6) is 5.64. The normalized spacial score (nSPS) is 9.12. The van der Waals surface area contributed by atoms with Crippen LogP contribution >= 0.6 is 11.3 Å². The molecule has 2 rings (SSSR count). The number of hydrogen-bond acceptors (Lipinski definition) is 3. The molecule has 17 heavy (non-hydrogen) atoms. The van der Waals surface area contributed by atoms with Crippen LogP contribution in [0.2, 0.25) is 0 Å². The van der Waals surface area contributed by atoms with Gasteiger partial charge in [-0.1, -0.05) is 35.3 Å². The maximum atomic E-state index is 11.0. The lowest BCUT2D eigenvalue weighted by atomic mass is 10.1. The van der Waals surface area contributed by atoms with E-state index in [-0.39, 0.29) is 11.3 Å². The van der Waals surface area contributed by atoms with Gasteiger partial charge in [0.25, 0.3) is 0 Å². The molecule has 0 atom stereocenters. The molecule has 0 aliphatic heterocycles. The van der Waals surface area contributed by atoms with Crippen molar-refractivity contribution >= 4 is 11.3 Å². The van der Waals surface area contributed by atoms with Crippen molar-refractivity contribution < 1.29 is 0 Å². The predicted molar refractivity (Wildman–Crippen MR) is 67.5 cm³/mol. The minimum atomic E-state index is -0.0575. The van der Waals surface area contributed by atoms with E-state index in [2.05, 4.69) is 16.8 Å². The fourth-order valence-corrected chi connectivity index (χ4v) is 1.93. The summed E-state index contributed by atoms with van der Waals surface area (Å²) >= 11 is 1.15. The molecule has 0 amide bonds. The quantitative estimate of drug-likeness (QED) is 0.778. The first-order chi connectivity index (χ1) is 8.29. The zero-order valence-corrected chi connectivity index (χ0v) is 9.67. The third-order valence-corrected chi connectivity index (χ3v) is 2.79. The van der Waals surface area contributed by atoms with Crippen molar-refractivity contribution in [3.05, 3.63) is 44.9 Å². The summed E-state index contributed by atoms with van der Waals surface area (Å²) < 4.78 is 0. The van der Waals surface area contributed by atoms with Crippen molar-refractivity contribution in [3.63, 3.8) is 0 Å². The first-order valence-corrected chi connectivity index (χ1v) is 5.81. The van der Waals surface area contributed by atoms with Crippen LogP contribution in [-0.4, -0.2) is 4.98 Å². The van der Waals surface area contributed by atoms with Crippen LogP contribution < -0.4 is 4.87 Å². The molecule has 0 aliphatic rings. The molecule has 0 spiro atoms. The molecule has 0 bridgehead atoms. The van der Waals surface area contributed by atoms with Crippen LogP contribution in [0.4, 0.5) is 0 Å². The van der Waals surface area contributed by atoms with Crippen LogP contribution in [0.5, 0.6) is 0 Å². The summed E-state index contributed by atoms with van der Waals surface area (Å²) in [5.41, 5.74) is 2.63. The van der Waals surface area contributed by atoms with E-state index in [0.717, 1.165) is 28.2 Å². The number of rotatable bonds is 1. The number of hydrogen-bond donors (Lipinski definition) is 1. The largest absolute Gasteiger partial charge is 0.312 e. The molecule has 0 saturated heterocycles. The number of nitrogens with zero attached hydrogens (tertiary/aromatic N) is 1. The second-order valence-corrected chi connectivity index (χ2v) is 4.12. The van der Waals surface area contributed by atoms with Crippen LogP contribution in [0.15, 0.2) is 34.4 Å². The fourth-order valence-electron chi connectivity index (χ4n) is 1.34. The molecule has 0 radical (unpaired) electrons. The summed E-state index contributed by atoms with van der Waals surface area (Å²) in [6.07, 6.45) is 0.236. The first kappa shape index (κ1) is 11.2. The first-order valence-electron chi connectivity index (χ1n) is 4.93. The molecule has 0 aliphatic carbocycles. The highest BCUT2D eigenvalue weighted by molar-refractivity contribution is 7.07. The van der Waals surface area contributed by atoms with E-state index in [9.17, 15) is 4.79 Å². The molecular formula is C13H8N2OS. The Morgan fingerprint density at radius 3 is 2.65 bits per heavy atom. The number of thiazole rings is 1. The van der Waals surface area contributed by atoms with Crippen molar-refractivity contribution in [1.82, 2.24) is 4.98 Å². The van der Waals surface area contributed by atoms with Crippen LogP contribution in [-0.2, 0) is 0 Å². The lowest BCUT2D eigenvalue weighted by Gasteiger charge is -1.96. The Morgan fingerprint density at radius 1 is 1.29 bits per heavy atom. The van der Waals surface area contributed by atoms with Gasteiger partial charge in [0.2, 0.25) is 0 Å². The molecule has 0 fully saturated rings. The standard InChI is InChI=1S/C13H8N2OS/c14-8-2-1-3-10-4-6-11(7-5-10)12-9-17-13(16)15-12/h4-7,9H,2H2,(H,15,16). The summed E-state index contributed by atoms with van der Waals surface area (Å²) in [6, 6.07) is 9.50. The molecule has 4 heteroatoms. The van der Waals surface area contributed by atoms with Crippen molar-refractivity contribution in [2.45, 2.75) is 6.42 Å². The highest BCUT2D eigenvalue weighted by Crippen LogP contribution is 2.17. The van der Waals surface area contributed by atoms with Gasteiger partial charge in [-0.3, -0.25) is 4.79 Å². The van der Waals surface area contributed by atoms with E-state index in [0.29, 0.717) is 0 Å². The second-order valence-electron chi connectivity index (χ2n) is 3.28. The number of aromatic amines is 1. The molecule has 0 unspecified atom stereocenters. The number of benzene rings is 1. The summed E-state index contributed by atoms with van der Waals surface area (Å²) in [5, 5.41) is 10.1. The third kappa shape index (κ3) is 2.84. The molecular weight excluding hydrogens is 232 g/mol. The zero-order valence-electron chi connectivity index (χ0n) is 8.86. The van der Waals surface area contributed by atoms with Gasteiger partial charge in [0.1, 0.15) is 0 Å². The molecule has 1 N–H and O–H groups in total. The van der Waals surface area contributed by atoms with Crippen LogP contribution in [0.1, 0.15) is 12.0 Å². The molecule has 0 saturated carbocycles. The van der Waals surface area contributed by atoms with Gasteiger partial charge in [-0.2, -0.15) is 5.26 Å². The van der Waals surface area contributed by atoms with E-state index in [1.165, 1.54) is 0 Å². The van der Waals surface area contributed by atoms with Gasteiger partial charge in [0, 0.05) is 10.9 Å². The summed E-state index contributed by atoms with van der Waals surface area (Å²) in [6.45, 7) is 0. The molecule has 1 heterocycles. The molecule has 1 aromatic heterocycles. The maximum absolute atomic E-state index is 11.0. The average molecular weight is 240 g/mol. The van der Waals surface area contributed by atoms with Crippen molar-refractivity contribution in [1.29, 1.82) is 5.26 Å². The van der Waals surface area contributed by atoms with Gasteiger partial charge < -0.3 is 4.98 Å². The highest BCUT2D eigenvalue weighted by atomic mass is 32.1. The maximum Gasteiger partial charge on any atom is 0.304 e. The lowest BCUT2D eigenvalue weighted by molar-refractivity contribution is 1.34. The fraction of sp³-hybridized carbons (Fsp3) is 0.0769. The number of aromatic nitrogens is 1. The van der Waals surface area contributed by atoms with Gasteiger partial charge >= 0.3 is 4.87 Å². The Labute approximate surface area is 102 Å². The van der Waals surface area contributed by atoms with Gasteiger partial charge in [-0.25, -0.2) is 0 Å². The van der Waals surface area contributed by atoms with E-state index in [1.54, 1.807) is 5.38 Å². The number of H-pyrrole nitrogens is 1. The van der Waals surface area contributed by atoms with Gasteiger partial charge in [-0.15, -0.1) is 0 Å². The van der Waals surface area contributed by atoms with Gasteiger partial charge in [-0.05, 0) is 17.7 Å². The van der Waals surface area contributed by atoms with Crippen molar-refractivity contribution in [2.75, 3.05) is 0 Å². The van der Waals surface area contributed by atoms with Crippen molar-refractivity contribution in [3.8, 4) is 29.2 Å². The second kappa shape index (κ2) is 5.16. The summed E-state index contributed by atoms with van der Waals surface area (Å²) in [4.78, 5) is 13.7. The molecule has 3 nitrogen and oxygen atoms in total. The molecule has 1 aromatic carbocycles. The number of nitriles is 1. The lowest BCUT2D eigenvalue weighted by Crippen LogP contribution is -1.92. The van der Waals surface area contributed by atoms with E-state index >= 15 is 0 Å². The third-order valence-electron chi connectivity index (χ3n) is 2.12. The Morgan fingerprint density at radius 2 is 2.06 bits per heavy atom. The van der Waals surface area contributed by atoms with Crippen LogP contribution in [0, 0.1) is 23.2 Å². The summed E-state index contributed by atoms with van der Waals surface area (Å²) in [7, 11) is 0. The smallest absolute Gasteiger partial charge is 0.304 e. The highest BCUT2D eigenvalue weighted by Gasteiger charge is 1.99. The molecule has 2 aromatic rings. The SMILES string of the molecule is N#CCC#Cc1ccc(-c2csc(=O)[nH]2)cc1. The Bertz CT molecular complexity index is 662. The van der Waals surface area contributed by atoms with Crippen molar-refractivity contribution in [2.24, 2.45) is 0 Å². The Hall–Kier alpha value is -2.30.